The quantitative estimate of drug-likeness (QED) is 0.450. The molecule has 3 nitrogen and oxygen atoms in total. The first kappa shape index (κ1) is 8.71. The molecule has 0 saturated carbocycles. The molecule has 0 spiro atoms. The number of rotatable bonds is 4. The predicted octanol–water partition coefficient (Wildman–Crippen LogP) is 0.952. The first-order valence-corrected chi connectivity index (χ1v) is 3.81. The van der Waals surface area contributed by atoms with Crippen LogP contribution in [-0.2, 0) is 14.2 Å². The fourth-order valence-corrected chi connectivity index (χ4v) is 0.916. The Kier molecular flexibility index (Phi) is 4.19. The molecule has 0 aromatic carbocycles. The van der Waals surface area contributed by atoms with Crippen LogP contribution in [0.15, 0.2) is 12.7 Å². The van der Waals surface area contributed by atoms with Gasteiger partial charge < -0.3 is 14.2 Å². The maximum atomic E-state index is 5.24. The molecule has 0 amide bonds. The van der Waals surface area contributed by atoms with Crippen molar-refractivity contribution in [1.29, 1.82) is 0 Å². The molecule has 0 aromatic heterocycles. The fraction of sp³-hybridized carbons (Fsp3) is 0.750. The van der Waals surface area contributed by atoms with E-state index in [1.165, 1.54) is 0 Å². The fourth-order valence-electron chi connectivity index (χ4n) is 0.916. The van der Waals surface area contributed by atoms with Gasteiger partial charge in [0.05, 0.1) is 25.9 Å². The van der Waals surface area contributed by atoms with E-state index < -0.39 is 0 Å². The smallest absolute Gasteiger partial charge is 0.147 e. The first-order valence-electron chi connectivity index (χ1n) is 3.81. The standard InChI is InChI=1S/C8H14O3/c1-2-4-9-6-8-3-5-10-7-11-8/h2,8H,1,3-7H2. The Bertz CT molecular complexity index is 108. The molecule has 0 N–H and O–H groups in total. The second-order valence-corrected chi connectivity index (χ2v) is 2.43. The summed E-state index contributed by atoms with van der Waals surface area (Å²) in [6.07, 6.45) is 2.87. The number of hydrogen-bond donors (Lipinski definition) is 0. The second-order valence-electron chi connectivity index (χ2n) is 2.43. The van der Waals surface area contributed by atoms with Crippen LogP contribution < -0.4 is 0 Å². The van der Waals surface area contributed by atoms with Crippen LogP contribution in [0.1, 0.15) is 6.42 Å². The molecular formula is C8H14O3. The van der Waals surface area contributed by atoms with E-state index in [0.717, 1.165) is 13.0 Å². The summed E-state index contributed by atoms with van der Waals surface area (Å²) in [6.45, 7) is 5.98. The highest BCUT2D eigenvalue weighted by Gasteiger charge is 2.13. The minimum atomic E-state index is 0.212. The van der Waals surface area contributed by atoms with Crippen molar-refractivity contribution in [2.24, 2.45) is 0 Å². The summed E-state index contributed by atoms with van der Waals surface area (Å²) in [5, 5.41) is 0. The van der Waals surface area contributed by atoms with E-state index in [-0.39, 0.29) is 6.10 Å². The lowest BCUT2D eigenvalue weighted by Gasteiger charge is -2.22. The lowest BCUT2D eigenvalue weighted by atomic mass is 10.3. The molecular weight excluding hydrogens is 144 g/mol. The zero-order chi connectivity index (χ0) is 7.94. The predicted molar refractivity (Wildman–Crippen MR) is 41.3 cm³/mol. The Morgan fingerprint density at radius 2 is 2.55 bits per heavy atom. The topological polar surface area (TPSA) is 27.7 Å². The van der Waals surface area contributed by atoms with E-state index in [1.807, 2.05) is 0 Å². The molecule has 1 rings (SSSR count). The summed E-state index contributed by atoms with van der Waals surface area (Å²) in [4.78, 5) is 0. The molecule has 64 valence electrons. The van der Waals surface area contributed by atoms with Crippen molar-refractivity contribution in [3.63, 3.8) is 0 Å². The van der Waals surface area contributed by atoms with E-state index in [1.54, 1.807) is 6.08 Å². The highest BCUT2D eigenvalue weighted by molar-refractivity contribution is 4.65. The van der Waals surface area contributed by atoms with Gasteiger partial charge in [-0.05, 0) is 6.42 Å². The van der Waals surface area contributed by atoms with Gasteiger partial charge in [0.15, 0.2) is 0 Å². The minimum absolute atomic E-state index is 0.212. The monoisotopic (exact) mass is 158 g/mol. The summed E-state index contributed by atoms with van der Waals surface area (Å²) in [7, 11) is 0. The van der Waals surface area contributed by atoms with Gasteiger partial charge in [0, 0.05) is 0 Å². The Morgan fingerprint density at radius 1 is 1.64 bits per heavy atom. The average Bonchev–Trinajstić information content (AvgIpc) is 2.07. The van der Waals surface area contributed by atoms with Crippen LogP contribution in [0.4, 0.5) is 0 Å². The van der Waals surface area contributed by atoms with Gasteiger partial charge in [-0.15, -0.1) is 6.58 Å². The van der Waals surface area contributed by atoms with Gasteiger partial charge in [0.1, 0.15) is 6.79 Å². The van der Waals surface area contributed by atoms with Crippen molar-refractivity contribution in [3.8, 4) is 0 Å². The first-order chi connectivity index (χ1) is 5.43. The third-order valence-corrected chi connectivity index (χ3v) is 1.51. The normalized spacial score (nSPS) is 24.9. The molecule has 0 bridgehead atoms. The molecule has 1 aliphatic rings. The summed E-state index contributed by atoms with van der Waals surface area (Å²) in [5.74, 6) is 0. The van der Waals surface area contributed by atoms with Gasteiger partial charge in [-0.25, -0.2) is 0 Å². The lowest BCUT2D eigenvalue weighted by Crippen LogP contribution is -2.27. The SMILES string of the molecule is C=CCOCC1CCOCO1. The van der Waals surface area contributed by atoms with Crippen molar-refractivity contribution >= 4 is 0 Å². The van der Waals surface area contributed by atoms with Gasteiger partial charge in [0.2, 0.25) is 0 Å². The van der Waals surface area contributed by atoms with Gasteiger partial charge in [-0.3, -0.25) is 0 Å². The van der Waals surface area contributed by atoms with E-state index in [9.17, 15) is 0 Å². The van der Waals surface area contributed by atoms with Gasteiger partial charge in [0.25, 0.3) is 0 Å². The highest BCUT2D eigenvalue weighted by Crippen LogP contribution is 2.05. The molecule has 1 fully saturated rings. The van der Waals surface area contributed by atoms with Crippen LogP contribution in [0.2, 0.25) is 0 Å². The van der Waals surface area contributed by atoms with Gasteiger partial charge in [-0.2, -0.15) is 0 Å². The Labute approximate surface area is 66.9 Å². The van der Waals surface area contributed by atoms with Crippen molar-refractivity contribution in [2.45, 2.75) is 12.5 Å². The molecule has 1 saturated heterocycles. The third kappa shape index (κ3) is 3.51. The Balaban J connectivity index is 2.00. The van der Waals surface area contributed by atoms with Crippen LogP contribution in [0, 0.1) is 0 Å². The molecule has 3 heteroatoms. The van der Waals surface area contributed by atoms with Gasteiger partial charge in [-0.1, -0.05) is 6.08 Å². The van der Waals surface area contributed by atoms with Crippen LogP contribution in [0.3, 0.4) is 0 Å². The summed E-state index contributed by atoms with van der Waals surface area (Å²) < 4.78 is 15.5. The van der Waals surface area contributed by atoms with Crippen LogP contribution in [-0.4, -0.2) is 32.7 Å². The molecule has 0 aliphatic carbocycles. The van der Waals surface area contributed by atoms with Crippen LogP contribution in [0.25, 0.3) is 0 Å². The van der Waals surface area contributed by atoms with E-state index in [0.29, 0.717) is 20.0 Å². The summed E-state index contributed by atoms with van der Waals surface area (Å²) in [6, 6.07) is 0. The van der Waals surface area contributed by atoms with E-state index in [2.05, 4.69) is 6.58 Å². The van der Waals surface area contributed by atoms with E-state index in [4.69, 9.17) is 14.2 Å². The van der Waals surface area contributed by atoms with Gasteiger partial charge >= 0.3 is 0 Å². The summed E-state index contributed by atoms with van der Waals surface area (Å²) in [5.41, 5.74) is 0. The third-order valence-electron chi connectivity index (χ3n) is 1.51. The molecule has 1 aliphatic heterocycles. The highest BCUT2D eigenvalue weighted by atomic mass is 16.7. The van der Waals surface area contributed by atoms with Crippen molar-refractivity contribution in [1.82, 2.24) is 0 Å². The Hall–Kier alpha value is -0.380. The number of hydrogen-bond acceptors (Lipinski definition) is 3. The average molecular weight is 158 g/mol. The lowest BCUT2D eigenvalue weighted by molar-refractivity contribution is -0.154. The maximum absolute atomic E-state index is 5.24. The second kappa shape index (κ2) is 5.29. The zero-order valence-corrected chi connectivity index (χ0v) is 6.62. The molecule has 11 heavy (non-hydrogen) atoms. The zero-order valence-electron chi connectivity index (χ0n) is 6.62. The summed E-state index contributed by atoms with van der Waals surface area (Å²) >= 11 is 0. The van der Waals surface area contributed by atoms with Crippen molar-refractivity contribution in [2.75, 3.05) is 26.6 Å². The van der Waals surface area contributed by atoms with Crippen LogP contribution >= 0.6 is 0 Å². The molecule has 1 atom stereocenters. The van der Waals surface area contributed by atoms with E-state index >= 15 is 0 Å². The number of ether oxygens (including phenoxy) is 3. The molecule has 0 radical (unpaired) electrons. The van der Waals surface area contributed by atoms with Crippen molar-refractivity contribution in [3.05, 3.63) is 12.7 Å². The molecule has 1 unspecified atom stereocenters. The maximum Gasteiger partial charge on any atom is 0.147 e. The van der Waals surface area contributed by atoms with Crippen LogP contribution in [0.5, 0.6) is 0 Å². The molecule has 0 aromatic rings. The van der Waals surface area contributed by atoms with Crippen molar-refractivity contribution < 1.29 is 14.2 Å². The Morgan fingerprint density at radius 3 is 3.18 bits per heavy atom. The molecule has 1 heterocycles. The largest absolute Gasteiger partial charge is 0.375 e. The minimum Gasteiger partial charge on any atom is -0.375 e.